The molecule has 0 heterocycles. The minimum atomic E-state index is -0.471. The Balaban J connectivity index is 1.12. The molecule has 3 rings (SSSR count). The molecule has 0 saturated heterocycles. The lowest BCUT2D eigenvalue weighted by molar-refractivity contribution is 0.116. The zero-order valence-corrected chi connectivity index (χ0v) is 26.5. The molecule has 2 atom stereocenters. The summed E-state index contributed by atoms with van der Waals surface area (Å²) in [5, 5.41) is 11.3. The van der Waals surface area contributed by atoms with E-state index in [2.05, 4.69) is 21.3 Å². The standard InChI is InChI=1S/C32H56N4O8/c37-29(33-21-25-10-3-1-4-11-25)41-16-8-18-43-31(39)35-23-27-14-7-15-28(20-27)24-36-32(40)44-19-9-17-42-30(38)34-22-26-12-5-2-6-13-26/h25-28H,1-24H2,(H,33,37)(H,34,38)(H,35,39)(H,36,40). The Labute approximate surface area is 262 Å². The monoisotopic (exact) mass is 624 g/mol. The van der Waals surface area contributed by atoms with Gasteiger partial charge in [0, 0.05) is 39.0 Å². The van der Waals surface area contributed by atoms with Crippen LogP contribution in [0.2, 0.25) is 0 Å². The lowest BCUT2D eigenvalue weighted by atomic mass is 9.81. The Morgan fingerprint density at radius 3 is 1.05 bits per heavy atom. The Morgan fingerprint density at radius 1 is 0.409 bits per heavy atom. The van der Waals surface area contributed by atoms with Gasteiger partial charge in [0.2, 0.25) is 0 Å². The van der Waals surface area contributed by atoms with Gasteiger partial charge in [0.15, 0.2) is 0 Å². The van der Waals surface area contributed by atoms with E-state index in [0.29, 0.717) is 62.7 Å². The predicted molar refractivity (Wildman–Crippen MR) is 165 cm³/mol. The van der Waals surface area contributed by atoms with E-state index < -0.39 is 24.4 Å². The molecule has 44 heavy (non-hydrogen) atoms. The number of nitrogens with one attached hydrogen (secondary N) is 4. The van der Waals surface area contributed by atoms with E-state index in [-0.39, 0.29) is 26.4 Å². The van der Waals surface area contributed by atoms with Crippen molar-refractivity contribution in [3.63, 3.8) is 0 Å². The van der Waals surface area contributed by atoms with E-state index in [1.165, 1.54) is 38.5 Å². The molecule has 0 radical (unpaired) electrons. The van der Waals surface area contributed by atoms with Gasteiger partial charge in [-0.3, -0.25) is 0 Å². The van der Waals surface area contributed by atoms with Crippen molar-refractivity contribution in [1.29, 1.82) is 0 Å². The Hall–Kier alpha value is -2.92. The number of carbonyl (C=O) groups excluding carboxylic acids is 4. The molecule has 252 valence electrons. The number of amides is 4. The molecule has 0 aromatic heterocycles. The summed E-state index contributed by atoms with van der Waals surface area (Å²) in [6, 6.07) is 0. The first-order valence-corrected chi connectivity index (χ1v) is 17.1. The molecule has 4 N–H and O–H groups in total. The van der Waals surface area contributed by atoms with Crippen LogP contribution in [-0.4, -0.2) is 77.0 Å². The van der Waals surface area contributed by atoms with Crippen molar-refractivity contribution in [3.8, 4) is 0 Å². The summed E-state index contributed by atoms with van der Waals surface area (Å²) in [5.74, 6) is 1.73. The van der Waals surface area contributed by atoms with Gasteiger partial charge in [-0.15, -0.1) is 0 Å². The lowest BCUT2D eigenvalue weighted by Gasteiger charge is -2.29. The van der Waals surface area contributed by atoms with Crippen LogP contribution in [0, 0.1) is 23.7 Å². The molecule has 0 aromatic carbocycles. The number of ether oxygens (including phenoxy) is 4. The highest BCUT2D eigenvalue weighted by Crippen LogP contribution is 2.28. The van der Waals surface area contributed by atoms with E-state index in [4.69, 9.17) is 18.9 Å². The third-order valence-electron chi connectivity index (χ3n) is 8.99. The fourth-order valence-electron chi connectivity index (χ4n) is 6.45. The topological polar surface area (TPSA) is 153 Å². The van der Waals surface area contributed by atoms with Gasteiger partial charge in [-0.2, -0.15) is 0 Å². The van der Waals surface area contributed by atoms with Gasteiger partial charge in [0.25, 0.3) is 0 Å². The molecule has 4 amide bonds. The third kappa shape index (κ3) is 16.2. The van der Waals surface area contributed by atoms with Crippen LogP contribution in [0.3, 0.4) is 0 Å². The van der Waals surface area contributed by atoms with Crippen LogP contribution in [0.1, 0.15) is 103 Å². The van der Waals surface area contributed by atoms with E-state index >= 15 is 0 Å². The third-order valence-corrected chi connectivity index (χ3v) is 8.99. The maximum Gasteiger partial charge on any atom is 0.407 e. The van der Waals surface area contributed by atoms with Gasteiger partial charge in [0.05, 0.1) is 26.4 Å². The number of alkyl carbamates (subject to hydrolysis) is 4. The van der Waals surface area contributed by atoms with Crippen LogP contribution in [0.4, 0.5) is 19.2 Å². The molecule has 3 saturated carbocycles. The summed E-state index contributed by atoms with van der Waals surface area (Å²) >= 11 is 0. The molecule has 0 spiro atoms. The van der Waals surface area contributed by atoms with Crippen molar-refractivity contribution >= 4 is 24.4 Å². The van der Waals surface area contributed by atoms with Gasteiger partial charge < -0.3 is 40.2 Å². The normalized spacial score (nSPS) is 21.0. The molecule has 0 bridgehead atoms. The molecule has 12 heteroatoms. The molecule has 0 aromatic rings. The Kier molecular flexibility index (Phi) is 17.6. The molecule has 3 fully saturated rings. The van der Waals surface area contributed by atoms with Crippen LogP contribution in [0.5, 0.6) is 0 Å². The molecule has 3 aliphatic carbocycles. The minimum absolute atomic E-state index is 0.181. The summed E-state index contributed by atoms with van der Waals surface area (Å²) in [6.07, 6.45) is 15.2. The predicted octanol–water partition coefficient (Wildman–Crippen LogP) is 5.64. The summed E-state index contributed by atoms with van der Waals surface area (Å²) in [7, 11) is 0. The minimum Gasteiger partial charge on any atom is -0.449 e. The highest BCUT2D eigenvalue weighted by Gasteiger charge is 2.23. The largest absolute Gasteiger partial charge is 0.449 e. The Bertz CT molecular complexity index is 782. The van der Waals surface area contributed by atoms with Crippen LogP contribution in [0.25, 0.3) is 0 Å². The fourth-order valence-corrected chi connectivity index (χ4v) is 6.45. The molecule has 2 unspecified atom stereocenters. The van der Waals surface area contributed by atoms with E-state index in [9.17, 15) is 19.2 Å². The van der Waals surface area contributed by atoms with Crippen molar-refractivity contribution in [1.82, 2.24) is 21.3 Å². The zero-order valence-electron chi connectivity index (χ0n) is 26.5. The molecule has 0 aliphatic heterocycles. The second kappa shape index (κ2) is 21.7. The second-order valence-electron chi connectivity index (χ2n) is 12.7. The SMILES string of the molecule is O=C(NCC1CCCCC1)OCCCOC(=O)NCC1CCCC(CNC(=O)OCCCOC(=O)NCC2CCCCC2)C1. The van der Waals surface area contributed by atoms with Crippen LogP contribution < -0.4 is 21.3 Å². The maximum atomic E-state index is 12.1. The summed E-state index contributed by atoms with van der Waals surface area (Å²) in [4.78, 5) is 47.8. The summed E-state index contributed by atoms with van der Waals surface area (Å²) < 4.78 is 20.8. The number of hydrogen-bond acceptors (Lipinski definition) is 8. The molecule has 3 aliphatic rings. The average molecular weight is 625 g/mol. The van der Waals surface area contributed by atoms with Crippen LogP contribution >= 0.6 is 0 Å². The van der Waals surface area contributed by atoms with Gasteiger partial charge in [-0.05, 0) is 68.6 Å². The first-order chi connectivity index (χ1) is 21.5. The van der Waals surface area contributed by atoms with Crippen molar-refractivity contribution in [2.45, 2.75) is 103 Å². The van der Waals surface area contributed by atoms with Gasteiger partial charge in [-0.25, -0.2) is 19.2 Å². The van der Waals surface area contributed by atoms with Crippen molar-refractivity contribution in [2.75, 3.05) is 52.6 Å². The van der Waals surface area contributed by atoms with Gasteiger partial charge in [0.1, 0.15) is 0 Å². The number of rotatable bonds is 16. The van der Waals surface area contributed by atoms with Crippen molar-refractivity contribution in [3.05, 3.63) is 0 Å². The second-order valence-corrected chi connectivity index (χ2v) is 12.7. The Morgan fingerprint density at radius 2 is 0.705 bits per heavy atom. The maximum absolute atomic E-state index is 12.1. The zero-order chi connectivity index (χ0) is 31.2. The average Bonchev–Trinajstić information content (AvgIpc) is 3.05. The first-order valence-electron chi connectivity index (χ1n) is 17.1. The molecular weight excluding hydrogens is 568 g/mol. The molecule has 12 nitrogen and oxygen atoms in total. The quantitative estimate of drug-likeness (QED) is 0.127. The number of carbonyl (C=O) groups is 4. The highest BCUT2D eigenvalue weighted by atomic mass is 16.6. The summed E-state index contributed by atoms with van der Waals surface area (Å²) in [5.41, 5.74) is 0. The van der Waals surface area contributed by atoms with Crippen molar-refractivity contribution in [2.24, 2.45) is 23.7 Å². The van der Waals surface area contributed by atoms with E-state index in [1.807, 2.05) is 0 Å². The van der Waals surface area contributed by atoms with E-state index in [1.54, 1.807) is 0 Å². The van der Waals surface area contributed by atoms with Gasteiger partial charge >= 0.3 is 24.4 Å². The van der Waals surface area contributed by atoms with Crippen molar-refractivity contribution < 1.29 is 38.1 Å². The van der Waals surface area contributed by atoms with E-state index in [0.717, 1.165) is 51.4 Å². The fraction of sp³-hybridized carbons (Fsp3) is 0.875. The first kappa shape index (κ1) is 35.6. The molecular formula is C32H56N4O8. The van der Waals surface area contributed by atoms with Gasteiger partial charge in [-0.1, -0.05) is 44.9 Å². The van der Waals surface area contributed by atoms with Crippen LogP contribution in [-0.2, 0) is 18.9 Å². The number of hydrogen-bond donors (Lipinski definition) is 4. The lowest BCUT2D eigenvalue weighted by Crippen LogP contribution is -2.36. The van der Waals surface area contributed by atoms with Crippen LogP contribution in [0.15, 0.2) is 0 Å². The smallest absolute Gasteiger partial charge is 0.407 e. The highest BCUT2D eigenvalue weighted by molar-refractivity contribution is 5.68. The summed E-state index contributed by atoms with van der Waals surface area (Å²) in [6.45, 7) is 3.14.